The smallest absolute Gasteiger partial charge is 1.00 e. The van der Waals surface area contributed by atoms with E-state index in [0.29, 0.717) is 72.4 Å². The van der Waals surface area contributed by atoms with E-state index in [4.69, 9.17) is 45.3 Å². The van der Waals surface area contributed by atoms with Gasteiger partial charge in [-0.25, -0.2) is 43.4 Å². The van der Waals surface area contributed by atoms with Crippen LogP contribution >= 0.6 is 22.6 Å². The van der Waals surface area contributed by atoms with Gasteiger partial charge in [0.15, 0.2) is 6.33 Å². The largest absolute Gasteiger partial charge is 1.00 e. The molecule has 34 nitrogen and oxygen atoms in total. The van der Waals surface area contributed by atoms with Crippen molar-refractivity contribution in [3.8, 4) is 34.3 Å². The Morgan fingerprint density at radius 2 is 0.808 bits per heavy atom. The molecule has 9 aromatic carbocycles. The minimum Gasteiger partial charge on any atom is -1.00 e. The molecule has 672 valence electrons. The van der Waals surface area contributed by atoms with Crippen molar-refractivity contribution in [2.45, 2.75) is 112 Å². The van der Waals surface area contributed by atoms with E-state index in [-0.39, 0.29) is 186 Å². The monoisotopic (exact) mass is 2110 g/mol. The summed E-state index contributed by atoms with van der Waals surface area (Å²) >= 11 is 2.29. The van der Waals surface area contributed by atoms with E-state index in [0.717, 1.165) is 105 Å². The number of amides is 6. The topological polar surface area (TPSA) is 431 Å². The molecule has 0 aliphatic rings. The Bertz CT molecular complexity index is 6290. The summed E-state index contributed by atoms with van der Waals surface area (Å²) in [6.45, 7) is 27.1. The van der Waals surface area contributed by atoms with Crippen molar-refractivity contribution < 1.29 is 179 Å². The summed E-state index contributed by atoms with van der Waals surface area (Å²) in [6, 6.07) is 63.1. The molecule has 0 saturated carbocycles. The van der Waals surface area contributed by atoms with Crippen molar-refractivity contribution in [2.24, 2.45) is 0 Å². The fourth-order valence-corrected chi connectivity index (χ4v) is 12.8. The number of alkyl halides is 1. The first-order valence-electron chi connectivity index (χ1n) is 39.8. The molecule has 0 aliphatic carbocycles. The number of nitrogens with one attached hydrogen (secondary N) is 7. The number of halogens is 1. The second-order valence-corrected chi connectivity index (χ2v) is 32.9. The molecule has 0 aliphatic heterocycles. The van der Waals surface area contributed by atoms with Gasteiger partial charge in [-0.1, -0.05) is 211 Å². The molecule has 0 spiro atoms. The van der Waals surface area contributed by atoms with Crippen LogP contribution in [0.3, 0.4) is 0 Å². The number of aromatic amines is 1. The standard InChI is InChI=1S/C30H31N7O4.C30H33N7O2.C27H29IN4O2.C3H3N3O2.CH2O3.CH3.2K.Pt.H/c1-20-9-11-21(12-10-20)36-27(17-26(34-36)30(2,3)4)33-29(38)32-24-13-14-25(23-8-6-5-7-22(23)24)41-16-15-35-18-28(31-19-35)37(39)40;1-20-9-11-21(12-10-20)37-28(17-26(35-37)30(2,3)4)34-29(38)33-24-13-14-25(23-8-6-5-7-22(23)24)39-16-15-36-18-27(31)32-19-36;1-18-9-11-19(12-10-18)32-25(17-24(31-32)27(2,3)4)30-26(33)29-22-13-14-23(34-16-15-28)21-8-6-5-7-20(21)22;7-6(8)3-1-4-2-5-3;2-1-4-3;;;;;/h5-14,17-19H,15-16H2,1-4H3,(H2,32,33,38);5-14,17-19H,15-16,31H2,1-4H3,(H2,33,34,38);5-14,17H,15-16H2,1-4H3,(H2,29,30,33);1-2H,(H,4,5);1,3H;1H3;;;;/q;;;;;-1;2*+1;;-1/p-1. The molecule has 6 aromatic heterocycles. The Morgan fingerprint density at radius 3 is 1.08 bits per heavy atom. The Labute approximate surface area is 866 Å². The fraction of sp³-hybridized carbons (Fsp3) is 0.228. The number of nitro groups is 2. The van der Waals surface area contributed by atoms with Gasteiger partial charge in [-0.15, -0.1) is 0 Å². The molecule has 15 rings (SSSR count). The number of nitrogens with zero attached hydrogens (tertiary/aromatic N) is 13. The molecular formula is C92H101IK2N21O13Pt-. The van der Waals surface area contributed by atoms with Gasteiger partial charge >= 0.3 is 132 Å². The Hall–Kier alpha value is -11.0. The van der Waals surface area contributed by atoms with Gasteiger partial charge in [-0.2, -0.15) is 15.3 Å². The molecule has 0 unspecified atom stereocenters. The predicted octanol–water partition coefficient (Wildman–Crippen LogP) is 13.0. The molecule has 6 amide bonds. The van der Waals surface area contributed by atoms with Gasteiger partial charge in [0.05, 0.1) is 77.2 Å². The van der Waals surface area contributed by atoms with Crippen LogP contribution in [0, 0.1) is 48.4 Å². The van der Waals surface area contributed by atoms with Gasteiger partial charge in [0.2, 0.25) is 6.33 Å². The number of aryl methyl sites for hydroxylation is 3. The van der Waals surface area contributed by atoms with Crippen molar-refractivity contribution in [1.82, 2.24) is 58.4 Å². The first-order chi connectivity index (χ1) is 60.2. The average molecular weight is 2110 g/mol. The predicted molar refractivity (Wildman–Crippen MR) is 502 cm³/mol. The van der Waals surface area contributed by atoms with Gasteiger partial charge < -0.3 is 84.3 Å². The molecular weight excluding hydrogens is 2010 g/mol. The van der Waals surface area contributed by atoms with Crippen LogP contribution in [0.4, 0.5) is 66.4 Å². The zero-order valence-electron chi connectivity index (χ0n) is 75.7. The first-order valence-corrected chi connectivity index (χ1v) is 41.3. The van der Waals surface area contributed by atoms with Crippen LogP contribution < -0.4 is 160 Å². The number of rotatable bonds is 23. The first kappa shape index (κ1) is 106. The summed E-state index contributed by atoms with van der Waals surface area (Å²) in [6.07, 6.45) is 8.63. The minimum absolute atomic E-state index is 0. The van der Waals surface area contributed by atoms with E-state index in [9.17, 15) is 34.6 Å². The van der Waals surface area contributed by atoms with Crippen molar-refractivity contribution in [2.75, 3.05) is 61.9 Å². The number of hydrogen-bond acceptors (Lipinski definition) is 20. The summed E-state index contributed by atoms with van der Waals surface area (Å²) in [5.41, 5.74) is 15.8. The molecule has 0 fully saturated rings. The SMILES string of the molecule is Cc1ccc(-n2nc(C(C)(C)C)cc2NC(=O)Nc2ccc(OCCI)c3ccccc23)cc1.Cc1ccc(-n2nc(C(C)(C)C)cc2NC(=O)Nc2ccc(OCCn3cnc(N)c3)c3ccccc23)cc1.Cc1ccc(-n2nc(C(C)(C)C)cc2NC(=O)Nc2ccc(OCCn3cnc([N+](=O)[O-])c3)c3ccccc23)cc1.O=CO[O-].O=[N+]([O-])c1cnc[nH]1.[CH3-].[H-].[K+].[K+].[Pt]. The van der Waals surface area contributed by atoms with Crippen LogP contribution in [0.25, 0.3) is 49.4 Å². The number of carbonyl (C=O) groups is 4. The maximum absolute atomic E-state index is 13.2. The van der Waals surface area contributed by atoms with E-state index in [1.165, 1.54) is 18.9 Å². The molecule has 0 bridgehead atoms. The van der Waals surface area contributed by atoms with Crippen LogP contribution in [-0.4, -0.2) is 117 Å². The molecule has 38 heteroatoms. The maximum Gasteiger partial charge on any atom is 1.00 e. The number of nitrogen functional groups attached to an aromatic ring is 1. The maximum atomic E-state index is 13.2. The van der Waals surface area contributed by atoms with E-state index < -0.39 is 15.9 Å². The number of urea groups is 3. The van der Waals surface area contributed by atoms with Crippen LogP contribution in [-0.2, 0) is 60.1 Å². The summed E-state index contributed by atoms with van der Waals surface area (Å²) in [4.78, 5) is 83.9. The molecule has 0 atom stereocenters. The van der Waals surface area contributed by atoms with Crippen molar-refractivity contribution in [1.29, 1.82) is 0 Å². The molecule has 15 aromatic rings. The zero-order chi connectivity index (χ0) is 90.4. The van der Waals surface area contributed by atoms with Gasteiger partial charge in [0, 0.05) is 98.5 Å². The number of H-pyrrole nitrogens is 1. The number of carbonyl (C=O) groups excluding carboxylic acids is 4. The Kier molecular flexibility index (Phi) is 40.2. The number of anilines is 7. The number of benzene rings is 9. The third-order valence-corrected chi connectivity index (χ3v) is 19.6. The number of fused-ring (bicyclic) bond motifs is 3. The minimum atomic E-state index is -0.535. The second kappa shape index (κ2) is 49.3. The van der Waals surface area contributed by atoms with E-state index >= 15 is 0 Å². The second-order valence-electron chi connectivity index (χ2n) is 31.8. The van der Waals surface area contributed by atoms with Gasteiger partial charge in [0.1, 0.15) is 66.1 Å². The Balaban J connectivity index is 0.000000279. The Morgan fingerprint density at radius 1 is 0.485 bits per heavy atom. The van der Waals surface area contributed by atoms with E-state index in [1.807, 2.05) is 213 Å². The van der Waals surface area contributed by atoms with Gasteiger partial charge in [-0.3, -0.25) is 20.7 Å². The number of aromatic nitrogens is 12. The van der Waals surface area contributed by atoms with Crippen molar-refractivity contribution in [3.63, 3.8) is 0 Å². The normalized spacial score (nSPS) is 10.8. The fourth-order valence-electron chi connectivity index (χ4n) is 12.6. The summed E-state index contributed by atoms with van der Waals surface area (Å²) in [5, 5.41) is 66.7. The van der Waals surface area contributed by atoms with Crippen LogP contribution in [0.2, 0.25) is 0 Å². The molecule has 9 N–H and O–H groups in total. The third kappa shape index (κ3) is 29.5. The molecule has 0 radical (unpaired) electrons. The number of imidazole rings is 3. The number of hydrogen-bond donors (Lipinski definition) is 8. The number of nitrogens with two attached hydrogens (primary N) is 1. The molecule has 0 saturated heterocycles. The molecule has 130 heavy (non-hydrogen) atoms. The van der Waals surface area contributed by atoms with Gasteiger partial charge in [-0.05, 0) is 108 Å². The number of ether oxygens (including phenoxy) is 3. The van der Waals surface area contributed by atoms with Gasteiger partial charge in [0.25, 0.3) is 6.47 Å². The van der Waals surface area contributed by atoms with E-state index in [1.54, 1.807) is 43.3 Å². The summed E-state index contributed by atoms with van der Waals surface area (Å²) in [7, 11) is 0. The molecule has 6 heterocycles. The van der Waals surface area contributed by atoms with Crippen molar-refractivity contribution in [3.05, 3.63) is 299 Å². The van der Waals surface area contributed by atoms with Crippen LogP contribution in [0.1, 0.15) is 97.5 Å². The third-order valence-electron chi connectivity index (χ3n) is 19.1. The summed E-state index contributed by atoms with van der Waals surface area (Å²) < 4.78 is 27.6. The average Bonchev–Trinajstić information content (AvgIpc) is 1.62. The zero-order valence-corrected chi connectivity index (χ0v) is 85.4. The van der Waals surface area contributed by atoms with Crippen LogP contribution in [0.15, 0.2) is 238 Å². The quantitative estimate of drug-likeness (QED) is 0.00431. The van der Waals surface area contributed by atoms with Crippen LogP contribution in [0.5, 0.6) is 17.2 Å². The van der Waals surface area contributed by atoms with E-state index in [2.05, 4.69) is 142 Å². The summed E-state index contributed by atoms with van der Waals surface area (Å²) in [5.74, 6) is 4.12. The van der Waals surface area contributed by atoms with Crippen molar-refractivity contribution >= 4 is 131 Å².